The van der Waals surface area contributed by atoms with Crippen LogP contribution < -0.4 is 0 Å². The van der Waals surface area contributed by atoms with E-state index in [4.69, 9.17) is 9.47 Å². The summed E-state index contributed by atoms with van der Waals surface area (Å²) in [7, 11) is 0. The molecule has 1 aliphatic carbocycles. The number of aliphatic hydroxyl groups excluding tert-OH is 4. The lowest BCUT2D eigenvalue weighted by atomic mass is 9.79. The van der Waals surface area contributed by atoms with Crippen LogP contribution in [0.25, 0.3) is 11.1 Å². The number of aromatic hydroxyl groups is 2. The van der Waals surface area contributed by atoms with E-state index in [0.29, 0.717) is 12.0 Å². The molecule has 8 heteroatoms. The highest BCUT2D eigenvalue weighted by atomic mass is 16.7. The second-order valence-corrected chi connectivity index (χ2v) is 8.28. The van der Waals surface area contributed by atoms with E-state index in [1.807, 2.05) is 19.9 Å². The Morgan fingerprint density at radius 3 is 2.32 bits per heavy atom. The molecule has 168 valence electrons. The Hall–Kier alpha value is -2.20. The Kier molecular flexibility index (Phi) is 5.95. The van der Waals surface area contributed by atoms with E-state index in [2.05, 4.69) is 0 Å². The molecule has 8 nitrogen and oxygen atoms in total. The fourth-order valence-electron chi connectivity index (χ4n) is 4.57. The number of hydrogen-bond donors (Lipinski definition) is 6. The van der Waals surface area contributed by atoms with Crippen molar-refractivity contribution in [3.05, 3.63) is 46.0 Å². The molecule has 5 atom stereocenters. The zero-order valence-corrected chi connectivity index (χ0v) is 17.4. The first kappa shape index (κ1) is 22.0. The van der Waals surface area contributed by atoms with Gasteiger partial charge >= 0.3 is 0 Å². The van der Waals surface area contributed by atoms with Gasteiger partial charge in [0.25, 0.3) is 0 Å². The van der Waals surface area contributed by atoms with Crippen LogP contribution in [-0.4, -0.2) is 68.0 Å². The van der Waals surface area contributed by atoms with Crippen LogP contribution in [0.5, 0.6) is 11.5 Å². The van der Waals surface area contributed by atoms with Crippen molar-refractivity contribution < 1.29 is 40.1 Å². The van der Waals surface area contributed by atoms with E-state index >= 15 is 0 Å². The minimum Gasteiger partial charge on any atom is -0.508 e. The van der Waals surface area contributed by atoms with Crippen molar-refractivity contribution in [3.8, 4) is 22.6 Å². The van der Waals surface area contributed by atoms with Crippen molar-refractivity contribution in [2.24, 2.45) is 0 Å². The summed E-state index contributed by atoms with van der Waals surface area (Å²) in [6, 6.07) is 5.10. The third-order valence-electron chi connectivity index (χ3n) is 6.49. The molecule has 6 N–H and O–H groups in total. The topological polar surface area (TPSA) is 140 Å². The molecule has 1 fully saturated rings. The number of hydrogen-bond acceptors (Lipinski definition) is 8. The first-order valence-electron chi connectivity index (χ1n) is 10.3. The zero-order chi connectivity index (χ0) is 22.4. The van der Waals surface area contributed by atoms with Gasteiger partial charge in [-0.3, -0.25) is 0 Å². The standard InChI is InChI=1S/C23H28O8/c1-10-13-3-4-14-11(2)17(26)7-12(19(14)15(13)5-6-16(10)25)9-30-23-22(29)21(28)20(27)18(8-24)31-23/h5-7,18,20-29H,3-4,8-9H2,1-2H3/t18-,20+,21+,22-,23-/m1/s1. The molecule has 0 saturated carbocycles. The fraction of sp³-hybridized carbons (Fsp3) is 0.478. The van der Waals surface area contributed by atoms with E-state index in [1.54, 1.807) is 12.1 Å². The molecule has 0 spiro atoms. The molecular weight excluding hydrogens is 404 g/mol. The van der Waals surface area contributed by atoms with Crippen LogP contribution in [0.4, 0.5) is 0 Å². The van der Waals surface area contributed by atoms with Crippen LogP contribution in [-0.2, 0) is 28.9 Å². The van der Waals surface area contributed by atoms with Crippen LogP contribution in [0.2, 0.25) is 0 Å². The van der Waals surface area contributed by atoms with Gasteiger partial charge in [-0.05, 0) is 77.8 Å². The predicted octanol–water partition coefficient (Wildman–Crippen LogP) is 0.797. The van der Waals surface area contributed by atoms with Crippen LogP contribution >= 0.6 is 0 Å². The average molecular weight is 432 g/mol. The molecule has 0 aromatic heterocycles. The Morgan fingerprint density at radius 1 is 0.935 bits per heavy atom. The summed E-state index contributed by atoms with van der Waals surface area (Å²) in [6.07, 6.45) is -5.38. The van der Waals surface area contributed by atoms with Crippen LogP contribution in [0.15, 0.2) is 18.2 Å². The highest BCUT2D eigenvalue weighted by molar-refractivity contribution is 5.80. The summed E-state index contributed by atoms with van der Waals surface area (Å²) >= 11 is 0. The maximum atomic E-state index is 10.5. The Morgan fingerprint density at radius 2 is 1.61 bits per heavy atom. The van der Waals surface area contributed by atoms with Gasteiger partial charge in [0.2, 0.25) is 0 Å². The highest BCUT2D eigenvalue weighted by Gasteiger charge is 2.44. The van der Waals surface area contributed by atoms with Gasteiger partial charge in [-0.1, -0.05) is 6.07 Å². The van der Waals surface area contributed by atoms with Crippen LogP contribution in [0, 0.1) is 13.8 Å². The molecule has 0 amide bonds. The SMILES string of the molecule is Cc1c(O)ccc2c1CCc1c(C)c(O)cc(CO[C@@H]3O[C@H](CO)[C@H](O)[C@H](O)[C@H]3O)c1-2. The molecule has 1 aliphatic heterocycles. The molecular formula is C23H28O8. The van der Waals surface area contributed by atoms with Crippen LogP contribution in [0.1, 0.15) is 27.8 Å². The minimum absolute atomic E-state index is 0.0434. The van der Waals surface area contributed by atoms with Gasteiger partial charge in [0, 0.05) is 0 Å². The van der Waals surface area contributed by atoms with E-state index in [1.165, 1.54) is 0 Å². The van der Waals surface area contributed by atoms with Crippen molar-refractivity contribution in [3.63, 3.8) is 0 Å². The van der Waals surface area contributed by atoms with Gasteiger partial charge in [0.1, 0.15) is 35.9 Å². The van der Waals surface area contributed by atoms with Crippen molar-refractivity contribution in [2.45, 2.75) is 64.0 Å². The summed E-state index contributed by atoms with van der Waals surface area (Å²) < 4.78 is 11.2. The Labute approximate surface area is 179 Å². The van der Waals surface area contributed by atoms with Gasteiger partial charge in [0.05, 0.1) is 13.2 Å². The Bertz CT molecular complexity index is 986. The van der Waals surface area contributed by atoms with E-state index in [-0.39, 0.29) is 18.1 Å². The number of aliphatic hydroxyl groups is 4. The zero-order valence-electron chi connectivity index (χ0n) is 17.4. The molecule has 0 radical (unpaired) electrons. The van der Waals surface area contributed by atoms with Gasteiger partial charge in [0.15, 0.2) is 6.29 Å². The molecule has 0 bridgehead atoms. The quantitative estimate of drug-likeness (QED) is 0.417. The Balaban J connectivity index is 1.69. The molecule has 31 heavy (non-hydrogen) atoms. The second-order valence-electron chi connectivity index (χ2n) is 8.28. The number of benzene rings is 2. The molecule has 1 heterocycles. The molecule has 2 aromatic carbocycles. The van der Waals surface area contributed by atoms with Crippen molar-refractivity contribution in [2.75, 3.05) is 6.61 Å². The van der Waals surface area contributed by atoms with Gasteiger partial charge < -0.3 is 40.1 Å². The number of ether oxygens (including phenoxy) is 2. The van der Waals surface area contributed by atoms with Crippen molar-refractivity contribution >= 4 is 0 Å². The summed E-state index contributed by atoms with van der Waals surface area (Å²) in [6.45, 7) is 3.14. The third kappa shape index (κ3) is 3.69. The summed E-state index contributed by atoms with van der Waals surface area (Å²) in [5.74, 6) is 0.363. The number of phenolic OH excluding ortho intramolecular Hbond substituents is 2. The minimum atomic E-state index is -1.53. The van der Waals surface area contributed by atoms with E-state index < -0.39 is 37.3 Å². The monoisotopic (exact) mass is 432 g/mol. The van der Waals surface area contributed by atoms with E-state index in [0.717, 1.165) is 39.8 Å². The largest absolute Gasteiger partial charge is 0.508 e. The lowest BCUT2D eigenvalue weighted by molar-refractivity contribution is -0.304. The van der Waals surface area contributed by atoms with E-state index in [9.17, 15) is 30.6 Å². The highest BCUT2D eigenvalue weighted by Crippen LogP contribution is 2.43. The summed E-state index contributed by atoms with van der Waals surface area (Å²) in [5, 5.41) is 60.1. The smallest absolute Gasteiger partial charge is 0.187 e. The van der Waals surface area contributed by atoms with Crippen molar-refractivity contribution in [1.29, 1.82) is 0 Å². The van der Waals surface area contributed by atoms with Gasteiger partial charge in [-0.15, -0.1) is 0 Å². The summed E-state index contributed by atoms with van der Waals surface area (Å²) in [5.41, 5.74) is 6.15. The van der Waals surface area contributed by atoms with Crippen molar-refractivity contribution in [1.82, 2.24) is 0 Å². The number of phenols is 2. The molecule has 4 rings (SSSR count). The van der Waals surface area contributed by atoms with Gasteiger partial charge in [-0.25, -0.2) is 0 Å². The molecule has 0 unspecified atom stereocenters. The lowest BCUT2D eigenvalue weighted by Crippen LogP contribution is -2.59. The maximum Gasteiger partial charge on any atom is 0.187 e. The normalized spacial score (nSPS) is 27.6. The first-order valence-corrected chi connectivity index (χ1v) is 10.3. The van der Waals surface area contributed by atoms with Crippen LogP contribution in [0.3, 0.4) is 0 Å². The average Bonchev–Trinajstić information content (AvgIpc) is 2.76. The maximum absolute atomic E-state index is 10.5. The summed E-state index contributed by atoms with van der Waals surface area (Å²) in [4.78, 5) is 0. The molecule has 2 aromatic rings. The fourth-order valence-corrected chi connectivity index (χ4v) is 4.57. The third-order valence-corrected chi connectivity index (χ3v) is 6.49. The molecule has 1 saturated heterocycles. The van der Waals surface area contributed by atoms with Gasteiger partial charge in [-0.2, -0.15) is 0 Å². The number of rotatable bonds is 4. The first-order chi connectivity index (χ1) is 14.7. The second kappa shape index (κ2) is 8.38. The predicted molar refractivity (Wildman–Crippen MR) is 111 cm³/mol. The number of fused-ring (bicyclic) bond motifs is 3. The lowest BCUT2D eigenvalue weighted by Gasteiger charge is -2.39. The molecule has 2 aliphatic rings.